The fourth-order valence-electron chi connectivity index (χ4n) is 4.36. The van der Waals surface area contributed by atoms with E-state index in [1.807, 2.05) is 33.8 Å². The van der Waals surface area contributed by atoms with Gasteiger partial charge in [-0.25, -0.2) is 14.6 Å². The molecule has 10 nitrogen and oxygen atoms in total. The summed E-state index contributed by atoms with van der Waals surface area (Å²) in [5, 5.41) is 8.34. The lowest BCUT2D eigenvalue weighted by atomic mass is 10.1. The number of amides is 2. The molecule has 1 saturated heterocycles. The lowest BCUT2D eigenvalue weighted by molar-refractivity contribution is -0.130. The smallest absolute Gasteiger partial charge is 0.221 e. The fourth-order valence-corrected chi connectivity index (χ4v) is 4.36. The van der Waals surface area contributed by atoms with Crippen LogP contribution in [-0.4, -0.2) is 74.1 Å². The highest BCUT2D eigenvalue weighted by Crippen LogP contribution is 2.31. The van der Waals surface area contributed by atoms with Gasteiger partial charge in [0.15, 0.2) is 5.65 Å². The Morgan fingerprint density at radius 3 is 2.35 bits per heavy atom. The summed E-state index contributed by atoms with van der Waals surface area (Å²) in [4.78, 5) is 35.7. The number of hydrogen-bond donors (Lipinski definition) is 2. The van der Waals surface area contributed by atoms with Gasteiger partial charge in [0.2, 0.25) is 11.8 Å². The SMILES string of the molecule is CC(=O)Nc1ccc(-c2nn(CCCCCN3CCN(C(C)=O)CC3)c3ncnc(N)c23)cc1. The molecule has 0 atom stereocenters. The number of nitrogens with zero attached hydrogens (tertiary/aromatic N) is 6. The van der Waals surface area contributed by atoms with Gasteiger partial charge in [-0.1, -0.05) is 18.6 Å². The molecular weight excluding hydrogens is 432 g/mol. The predicted octanol–water partition coefficient (Wildman–Crippen LogP) is 2.37. The van der Waals surface area contributed by atoms with Crippen LogP contribution in [0.25, 0.3) is 22.3 Å². The van der Waals surface area contributed by atoms with E-state index >= 15 is 0 Å². The summed E-state index contributed by atoms with van der Waals surface area (Å²) in [7, 11) is 0. The van der Waals surface area contributed by atoms with E-state index in [1.165, 1.54) is 13.3 Å². The molecule has 4 rings (SSSR count). The van der Waals surface area contributed by atoms with E-state index < -0.39 is 0 Å². The monoisotopic (exact) mass is 464 g/mol. The zero-order valence-electron chi connectivity index (χ0n) is 19.8. The number of piperazine rings is 1. The van der Waals surface area contributed by atoms with Gasteiger partial charge in [0.1, 0.15) is 17.8 Å². The van der Waals surface area contributed by atoms with E-state index in [9.17, 15) is 9.59 Å². The normalized spacial score (nSPS) is 14.5. The third-order valence-corrected chi connectivity index (χ3v) is 6.20. The van der Waals surface area contributed by atoms with Gasteiger partial charge >= 0.3 is 0 Å². The molecule has 3 aromatic rings. The first kappa shape index (κ1) is 23.6. The Balaban J connectivity index is 1.37. The Bertz CT molecular complexity index is 1150. The number of nitrogen functional groups attached to an aromatic ring is 1. The summed E-state index contributed by atoms with van der Waals surface area (Å²) in [5.74, 6) is 0.457. The van der Waals surface area contributed by atoms with E-state index in [1.54, 1.807) is 6.92 Å². The summed E-state index contributed by atoms with van der Waals surface area (Å²) in [5.41, 5.74) is 9.29. The summed E-state index contributed by atoms with van der Waals surface area (Å²) < 4.78 is 1.91. The van der Waals surface area contributed by atoms with Crippen LogP contribution in [0.2, 0.25) is 0 Å². The molecular formula is C24H32N8O2. The topological polar surface area (TPSA) is 122 Å². The zero-order chi connectivity index (χ0) is 24.1. The Morgan fingerprint density at radius 2 is 1.68 bits per heavy atom. The van der Waals surface area contributed by atoms with E-state index in [4.69, 9.17) is 10.8 Å². The molecule has 0 bridgehead atoms. The molecule has 2 aromatic heterocycles. The molecule has 0 spiro atoms. The molecule has 0 aliphatic carbocycles. The molecule has 3 heterocycles. The largest absolute Gasteiger partial charge is 0.383 e. The minimum atomic E-state index is -0.113. The maximum Gasteiger partial charge on any atom is 0.221 e. The third-order valence-electron chi connectivity index (χ3n) is 6.20. The van der Waals surface area contributed by atoms with Gasteiger partial charge in [0, 0.05) is 57.8 Å². The molecule has 1 aromatic carbocycles. The molecule has 1 aliphatic rings. The zero-order valence-corrected chi connectivity index (χ0v) is 19.8. The lowest BCUT2D eigenvalue weighted by Gasteiger charge is -2.34. The molecule has 2 amide bonds. The third kappa shape index (κ3) is 5.51. The van der Waals surface area contributed by atoms with Crippen LogP contribution in [-0.2, 0) is 16.1 Å². The van der Waals surface area contributed by atoms with Crippen LogP contribution in [0, 0.1) is 0 Å². The maximum atomic E-state index is 11.5. The second-order valence-electron chi connectivity index (χ2n) is 8.70. The quantitative estimate of drug-likeness (QED) is 0.491. The lowest BCUT2D eigenvalue weighted by Crippen LogP contribution is -2.48. The summed E-state index contributed by atoms with van der Waals surface area (Å²) in [6, 6.07) is 7.51. The highest BCUT2D eigenvalue weighted by atomic mass is 16.2. The minimum absolute atomic E-state index is 0.113. The Labute approximate surface area is 199 Å². The van der Waals surface area contributed by atoms with Gasteiger partial charge in [-0.3, -0.25) is 14.5 Å². The van der Waals surface area contributed by atoms with Gasteiger partial charge in [-0.15, -0.1) is 0 Å². The van der Waals surface area contributed by atoms with Gasteiger partial charge in [-0.2, -0.15) is 5.10 Å². The maximum absolute atomic E-state index is 11.5. The van der Waals surface area contributed by atoms with Gasteiger partial charge < -0.3 is 16.0 Å². The number of carbonyl (C=O) groups excluding carboxylic acids is 2. The van der Waals surface area contributed by atoms with Gasteiger partial charge in [0.25, 0.3) is 0 Å². The Morgan fingerprint density at radius 1 is 0.971 bits per heavy atom. The van der Waals surface area contributed by atoms with Crippen LogP contribution in [0.5, 0.6) is 0 Å². The second kappa shape index (κ2) is 10.6. The summed E-state index contributed by atoms with van der Waals surface area (Å²) in [6.07, 6.45) is 4.64. The van der Waals surface area contributed by atoms with Crippen molar-refractivity contribution in [2.75, 3.05) is 43.8 Å². The number of fused-ring (bicyclic) bond motifs is 1. The molecule has 34 heavy (non-hydrogen) atoms. The van der Waals surface area contributed by atoms with E-state index in [-0.39, 0.29) is 11.8 Å². The van der Waals surface area contributed by atoms with Crippen LogP contribution < -0.4 is 11.1 Å². The highest BCUT2D eigenvalue weighted by molar-refractivity contribution is 5.98. The number of hydrogen-bond acceptors (Lipinski definition) is 7. The van der Waals surface area contributed by atoms with Crippen molar-refractivity contribution in [3.8, 4) is 11.3 Å². The van der Waals surface area contributed by atoms with E-state index in [0.717, 1.165) is 86.5 Å². The molecule has 180 valence electrons. The highest BCUT2D eigenvalue weighted by Gasteiger charge is 2.19. The molecule has 0 unspecified atom stereocenters. The number of carbonyl (C=O) groups is 2. The number of unbranched alkanes of at least 4 members (excludes halogenated alkanes) is 2. The van der Waals surface area contributed by atoms with Crippen molar-refractivity contribution in [2.24, 2.45) is 0 Å². The first-order chi connectivity index (χ1) is 16.4. The molecule has 1 aliphatic heterocycles. The number of nitrogens with one attached hydrogen (secondary N) is 1. The van der Waals surface area contributed by atoms with Crippen LogP contribution >= 0.6 is 0 Å². The molecule has 1 fully saturated rings. The number of anilines is 2. The number of benzene rings is 1. The van der Waals surface area contributed by atoms with Crippen LogP contribution in [0.3, 0.4) is 0 Å². The second-order valence-corrected chi connectivity index (χ2v) is 8.70. The van der Waals surface area contributed by atoms with Crippen molar-refractivity contribution >= 4 is 34.4 Å². The van der Waals surface area contributed by atoms with Gasteiger partial charge in [-0.05, 0) is 31.5 Å². The van der Waals surface area contributed by atoms with Crippen molar-refractivity contribution < 1.29 is 9.59 Å². The standard InChI is InChI=1S/C24H32N8O2/c1-17(33)28-20-8-6-19(7-9-20)22-21-23(25)26-16-27-24(21)32(29-22)11-5-3-4-10-30-12-14-31(15-13-30)18(2)34/h6-9,16H,3-5,10-15H2,1-2H3,(H,28,33)(H2,25,26,27). The van der Waals surface area contributed by atoms with E-state index in [2.05, 4.69) is 20.2 Å². The van der Waals surface area contributed by atoms with Crippen molar-refractivity contribution in [3.05, 3.63) is 30.6 Å². The van der Waals surface area contributed by atoms with Crippen LogP contribution in [0.4, 0.5) is 11.5 Å². The van der Waals surface area contributed by atoms with Crippen LogP contribution in [0.15, 0.2) is 30.6 Å². The number of aryl methyl sites for hydroxylation is 1. The van der Waals surface area contributed by atoms with Crippen molar-refractivity contribution in [1.82, 2.24) is 29.5 Å². The first-order valence-electron chi connectivity index (χ1n) is 11.8. The molecule has 0 saturated carbocycles. The fraction of sp³-hybridized carbons (Fsp3) is 0.458. The minimum Gasteiger partial charge on any atom is -0.383 e. The molecule has 3 N–H and O–H groups in total. The average molecular weight is 465 g/mol. The Hall–Kier alpha value is -3.53. The van der Waals surface area contributed by atoms with Crippen molar-refractivity contribution in [2.45, 2.75) is 39.7 Å². The number of aromatic nitrogens is 4. The van der Waals surface area contributed by atoms with Crippen LogP contribution in [0.1, 0.15) is 33.1 Å². The predicted molar refractivity (Wildman–Crippen MR) is 132 cm³/mol. The Kier molecular flexibility index (Phi) is 7.36. The van der Waals surface area contributed by atoms with Crippen molar-refractivity contribution in [1.29, 1.82) is 0 Å². The first-order valence-corrected chi connectivity index (χ1v) is 11.8. The summed E-state index contributed by atoms with van der Waals surface area (Å²) in [6.45, 7) is 8.46. The average Bonchev–Trinajstić information content (AvgIpc) is 3.19. The summed E-state index contributed by atoms with van der Waals surface area (Å²) >= 11 is 0. The number of rotatable bonds is 8. The molecule has 10 heteroatoms. The van der Waals surface area contributed by atoms with E-state index in [0.29, 0.717) is 5.82 Å². The molecule has 0 radical (unpaired) electrons. The van der Waals surface area contributed by atoms with Gasteiger partial charge in [0.05, 0.1) is 5.39 Å². The number of nitrogens with two attached hydrogens (primary N) is 1. The van der Waals surface area contributed by atoms with Crippen molar-refractivity contribution in [3.63, 3.8) is 0 Å².